The lowest BCUT2D eigenvalue weighted by Crippen LogP contribution is -2.12. The quantitative estimate of drug-likeness (QED) is 0.536. The number of hydrogen-bond donors (Lipinski definition) is 2. The van der Waals surface area contributed by atoms with Gasteiger partial charge in [0.05, 0.1) is 16.8 Å². The maximum atomic E-state index is 10.6. The maximum absolute atomic E-state index is 10.6. The van der Waals surface area contributed by atoms with Crippen LogP contribution in [0.2, 0.25) is 0 Å². The highest BCUT2D eigenvalue weighted by atomic mass is 32.2. The minimum absolute atomic E-state index is 0.134. The number of carboxylic acids is 1. The Morgan fingerprint density at radius 3 is 2.90 bits per heavy atom. The molecule has 3 N–H and O–H groups in total. The number of thioether (sulfide) groups is 1. The Hall–Kier alpha value is -2.68. The van der Waals surface area contributed by atoms with Crippen LogP contribution in [0.4, 0.5) is 0 Å². The third kappa shape index (κ3) is 2.50. The number of rotatable bonds is 4. The summed E-state index contributed by atoms with van der Waals surface area (Å²) >= 11 is 1.00. The molecule has 0 aliphatic carbocycles. The number of carbonyl (C=O) groups is 1. The van der Waals surface area contributed by atoms with Gasteiger partial charge in [-0.05, 0) is 12.1 Å². The van der Waals surface area contributed by atoms with E-state index in [2.05, 4.69) is 20.2 Å². The molecule has 3 aromatic rings. The lowest BCUT2D eigenvalue weighted by atomic mass is 10.1. The molecule has 1 aromatic carbocycles. The van der Waals surface area contributed by atoms with E-state index in [0.717, 1.165) is 17.3 Å². The van der Waals surface area contributed by atoms with E-state index in [0.29, 0.717) is 22.1 Å². The van der Waals surface area contributed by atoms with E-state index in [-0.39, 0.29) is 5.75 Å². The fraction of sp³-hybridized carbons (Fsp3) is 0.0833. The molecule has 0 aliphatic heterocycles. The monoisotopic (exact) mass is 302 g/mol. The van der Waals surface area contributed by atoms with Crippen LogP contribution in [-0.2, 0) is 4.79 Å². The van der Waals surface area contributed by atoms with Crippen LogP contribution in [0.5, 0.6) is 0 Å². The Bertz CT molecular complexity index is 813. The summed E-state index contributed by atoms with van der Waals surface area (Å²) in [5, 5.41) is 17.0. The molecule has 3 rings (SSSR count). The Labute approximate surface area is 123 Å². The summed E-state index contributed by atoms with van der Waals surface area (Å²) in [5.41, 5.74) is 2.07. The Balaban J connectivity index is 2.05. The summed E-state index contributed by atoms with van der Waals surface area (Å²) in [6.45, 7) is 0. The van der Waals surface area contributed by atoms with E-state index in [1.807, 2.05) is 18.2 Å². The normalized spacial score (nSPS) is 10.9. The largest absolute Gasteiger partial charge is 0.481 e. The number of aliphatic carboxylic acids is 1. The van der Waals surface area contributed by atoms with Crippen LogP contribution in [0.15, 0.2) is 35.7 Å². The summed E-state index contributed by atoms with van der Waals surface area (Å²) in [7, 11) is 0. The minimum atomic E-state index is -0.944. The van der Waals surface area contributed by atoms with Gasteiger partial charge in [0.15, 0.2) is 5.82 Å². The number of para-hydroxylation sites is 1. The number of carboxylic acid groups (broad SMARTS) is 1. The molecule has 0 radical (unpaired) electrons. The highest BCUT2D eigenvalue weighted by molar-refractivity contribution is 7.99. The van der Waals surface area contributed by atoms with Gasteiger partial charge >= 0.3 is 5.97 Å². The van der Waals surface area contributed by atoms with E-state index in [4.69, 9.17) is 10.9 Å². The molecule has 2 aromatic heterocycles. The van der Waals surface area contributed by atoms with Crippen molar-refractivity contribution in [3.8, 4) is 11.4 Å². The molecule has 21 heavy (non-hydrogen) atoms. The first-order valence-corrected chi connectivity index (χ1v) is 6.90. The number of fused-ring (bicyclic) bond motifs is 1. The first-order chi connectivity index (χ1) is 10.2. The zero-order chi connectivity index (χ0) is 14.8. The van der Waals surface area contributed by atoms with Gasteiger partial charge in [-0.3, -0.25) is 14.8 Å². The first kappa shape index (κ1) is 13.3. The Kier molecular flexibility index (Phi) is 3.40. The van der Waals surface area contributed by atoms with E-state index >= 15 is 0 Å². The van der Waals surface area contributed by atoms with Crippen molar-refractivity contribution in [3.63, 3.8) is 0 Å². The summed E-state index contributed by atoms with van der Waals surface area (Å²) in [6, 6.07) is 5.48. The van der Waals surface area contributed by atoms with Crippen LogP contribution in [0, 0.1) is 0 Å². The summed E-state index contributed by atoms with van der Waals surface area (Å²) in [5.74, 6) is 5.28. The number of nitrogens with two attached hydrogens (primary N) is 1. The third-order valence-electron chi connectivity index (χ3n) is 2.73. The van der Waals surface area contributed by atoms with Crippen LogP contribution in [0.25, 0.3) is 22.4 Å². The lowest BCUT2D eigenvalue weighted by Gasteiger charge is -2.05. The van der Waals surface area contributed by atoms with Crippen molar-refractivity contribution in [2.75, 3.05) is 11.6 Å². The van der Waals surface area contributed by atoms with Gasteiger partial charge in [-0.25, -0.2) is 4.68 Å². The summed E-state index contributed by atoms with van der Waals surface area (Å²) < 4.78 is 1.26. The Morgan fingerprint density at radius 2 is 2.10 bits per heavy atom. The standard InChI is InChI=1S/C12H10N6O2S/c13-18-11(16-17-12(18)21-6-9(19)20)7-2-1-3-8-10(7)15-5-4-14-8/h1-5H,6,13H2,(H,19,20). The van der Waals surface area contributed by atoms with Crippen molar-refractivity contribution in [1.82, 2.24) is 24.8 Å². The van der Waals surface area contributed by atoms with Gasteiger partial charge in [0, 0.05) is 18.0 Å². The second-order valence-corrected chi connectivity index (χ2v) is 5.03. The molecule has 0 bridgehead atoms. The van der Waals surface area contributed by atoms with Gasteiger partial charge in [0.2, 0.25) is 5.16 Å². The predicted octanol–water partition coefficient (Wildman–Crippen LogP) is 0.779. The maximum Gasteiger partial charge on any atom is 0.313 e. The molecule has 0 saturated heterocycles. The zero-order valence-electron chi connectivity index (χ0n) is 10.7. The summed E-state index contributed by atoms with van der Waals surface area (Å²) in [6.07, 6.45) is 3.19. The molecule has 9 heteroatoms. The van der Waals surface area contributed by atoms with E-state index < -0.39 is 5.97 Å². The summed E-state index contributed by atoms with van der Waals surface area (Å²) in [4.78, 5) is 19.1. The fourth-order valence-electron chi connectivity index (χ4n) is 1.86. The van der Waals surface area contributed by atoms with Crippen LogP contribution >= 0.6 is 11.8 Å². The second kappa shape index (κ2) is 5.37. The van der Waals surface area contributed by atoms with Gasteiger partial charge in [-0.2, -0.15) is 0 Å². The average molecular weight is 302 g/mol. The molecular formula is C12H10N6O2S. The fourth-order valence-corrected chi connectivity index (χ4v) is 2.44. The second-order valence-electron chi connectivity index (χ2n) is 4.09. The molecule has 106 valence electrons. The van der Waals surface area contributed by atoms with Gasteiger partial charge in [0.1, 0.15) is 0 Å². The van der Waals surface area contributed by atoms with Crippen molar-refractivity contribution in [2.45, 2.75) is 5.16 Å². The van der Waals surface area contributed by atoms with E-state index in [1.165, 1.54) is 4.68 Å². The van der Waals surface area contributed by atoms with Crippen molar-refractivity contribution in [1.29, 1.82) is 0 Å². The zero-order valence-corrected chi connectivity index (χ0v) is 11.5. The number of nitrogen functional groups attached to an aromatic ring is 1. The van der Waals surface area contributed by atoms with Crippen LogP contribution in [-0.4, -0.2) is 41.7 Å². The molecule has 0 fully saturated rings. The molecule has 0 aliphatic rings. The van der Waals surface area contributed by atoms with Crippen molar-refractivity contribution < 1.29 is 9.90 Å². The smallest absolute Gasteiger partial charge is 0.313 e. The number of benzene rings is 1. The van der Waals surface area contributed by atoms with Gasteiger partial charge in [-0.15, -0.1) is 10.2 Å². The molecule has 8 nitrogen and oxygen atoms in total. The molecule has 0 spiro atoms. The van der Waals surface area contributed by atoms with E-state index in [1.54, 1.807) is 12.4 Å². The lowest BCUT2D eigenvalue weighted by molar-refractivity contribution is -0.133. The number of hydrogen-bond acceptors (Lipinski definition) is 7. The minimum Gasteiger partial charge on any atom is -0.481 e. The number of aromatic nitrogens is 5. The SMILES string of the molecule is Nn1c(SCC(=O)O)nnc1-c1cccc2nccnc12. The molecule has 2 heterocycles. The topological polar surface area (TPSA) is 120 Å². The van der Waals surface area contributed by atoms with E-state index in [9.17, 15) is 4.79 Å². The van der Waals surface area contributed by atoms with Crippen molar-refractivity contribution in [2.24, 2.45) is 0 Å². The Morgan fingerprint density at radius 1 is 1.29 bits per heavy atom. The van der Waals surface area contributed by atoms with Gasteiger partial charge in [-0.1, -0.05) is 17.8 Å². The van der Waals surface area contributed by atoms with Crippen LogP contribution in [0.1, 0.15) is 0 Å². The van der Waals surface area contributed by atoms with Gasteiger partial charge < -0.3 is 10.9 Å². The molecule has 0 saturated carbocycles. The third-order valence-corrected chi connectivity index (χ3v) is 3.66. The predicted molar refractivity (Wildman–Crippen MR) is 77.1 cm³/mol. The molecule has 0 atom stereocenters. The van der Waals surface area contributed by atoms with Crippen molar-refractivity contribution in [3.05, 3.63) is 30.6 Å². The molecular weight excluding hydrogens is 292 g/mol. The number of nitrogens with zero attached hydrogens (tertiary/aromatic N) is 5. The first-order valence-electron chi connectivity index (χ1n) is 5.92. The highest BCUT2D eigenvalue weighted by Gasteiger charge is 2.16. The molecule has 0 unspecified atom stereocenters. The molecule has 0 amide bonds. The van der Waals surface area contributed by atoms with Crippen LogP contribution < -0.4 is 5.84 Å². The average Bonchev–Trinajstić information content (AvgIpc) is 2.85. The van der Waals surface area contributed by atoms with Crippen LogP contribution in [0.3, 0.4) is 0 Å². The highest BCUT2D eigenvalue weighted by Crippen LogP contribution is 2.26. The van der Waals surface area contributed by atoms with Gasteiger partial charge in [0.25, 0.3) is 0 Å². The van der Waals surface area contributed by atoms with Crippen molar-refractivity contribution >= 4 is 28.8 Å².